The molecule has 0 bridgehead atoms. The zero-order chi connectivity index (χ0) is 18.9. The molecule has 8 heteroatoms. The van der Waals surface area contributed by atoms with E-state index in [4.69, 9.17) is 14.9 Å². The Balaban J connectivity index is 2.27. The number of carbonyl (C=O) groups is 1. The number of para-hydroxylation sites is 1. The van der Waals surface area contributed by atoms with E-state index in [2.05, 4.69) is 4.99 Å². The number of nitrogens with zero attached hydrogens (tertiary/aromatic N) is 1. The molecule has 2 N–H and O–H groups in total. The van der Waals surface area contributed by atoms with Gasteiger partial charge < -0.3 is 14.9 Å². The van der Waals surface area contributed by atoms with E-state index in [1.807, 2.05) is 0 Å². The molecule has 0 saturated heterocycles. The molecule has 0 unspecified atom stereocenters. The number of fused-ring (bicyclic) bond motifs is 1. The summed E-state index contributed by atoms with van der Waals surface area (Å²) in [6, 6.07) is 10.8. The van der Waals surface area contributed by atoms with Gasteiger partial charge in [0.25, 0.3) is 5.91 Å². The van der Waals surface area contributed by atoms with Crippen molar-refractivity contribution in [2.75, 3.05) is 7.11 Å². The van der Waals surface area contributed by atoms with E-state index in [0.717, 1.165) is 12.1 Å². The van der Waals surface area contributed by atoms with Crippen LogP contribution in [0.5, 0.6) is 5.75 Å². The van der Waals surface area contributed by atoms with Crippen molar-refractivity contribution in [1.82, 2.24) is 0 Å². The van der Waals surface area contributed by atoms with E-state index < -0.39 is 17.6 Å². The van der Waals surface area contributed by atoms with Gasteiger partial charge in [0.2, 0.25) is 5.55 Å². The molecule has 1 amide bonds. The van der Waals surface area contributed by atoms with Gasteiger partial charge >= 0.3 is 6.18 Å². The molecule has 0 atom stereocenters. The summed E-state index contributed by atoms with van der Waals surface area (Å²) in [5.74, 6) is -0.428. The van der Waals surface area contributed by atoms with Gasteiger partial charge in [-0.05, 0) is 30.3 Å². The first-order valence-corrected chi connectivity index (χ1v) is 7.42. The van der Waals surface area contributed by atoms with E-state index >= 15 is 0 Å². The molecule has 0 aliphatic heterocycles. The van der Waals surface area contributed by atoms with E-state index in [-0.39, 0.29) is 16.8 Å². The van der Waals surface area contributed by atoms with Crippen LogP contribution in [-0.2, 0) is 6.18 Å². The maximum absolute atomic E-state index is 12.9. The molecule has 1 heterocycles. The van der Waals surface area contributed by atoms with Gasteiger partial charge in [0.15, 0.2) is 11.3 Å². The highest BCUT2D eigenvalue weighted by atomic mass is 19.4. The number of amides is 1. The van der Waals surface area contributed by atoms with Gasteiger partial charge in [-0.1, -0.05) is 18.2 Å². The first kappa shape index (κ1) is 17.5. The quantitative estimate of drug-likeness (QED) is 0.770. The van der Waals surface area contributed by atoms with Crippen molar-refractivity contribution in [1.29, 1.82) is 0 Å². The van der Waals surface area contributed by atoms with Crippen LogP contribution in [0.25, 0.3) is 11.0 Å². The van der Waals surface area contributed by atoms with Gasteiger partial charge in [-0.25, -0.2) is 4.99 Å². The van der Waals surface area contributed by atoms with Crippen molar-refractivity contribution in [3.63, 3.8) is 0 Å². The molecule has 3 aromatic rings. The molecule has 0 fully saturated rings. The largest absolute Gasteiger partial charge is 0.493 e. The summed E-state index contributed by atoms with van der Waals surface area (Å²) >= 11 is 0. The number of ether oxygens (including phenoxy) is 1. The number of methoxy groups -OCH3 is 1. The van der Waals surface area contributed by atoms with E-state index in [9.17, 15) is 18.0 Å². The van der Waals surface area contributed by atoms with Gasteiger partial charge in [-0.15, -0.1) is 0 Å². The second-order valence-electron chi connectivity index (χ2n) is 5.37. The molecular formula is C18H13F3N2O3. The van der Waals surface area contributed by atoms with Crippen LogP contribution < -0.4 is 16.0 Å². The Labute approximate surface area is 145 Å². The van der Waals surface area contributed by atoms with Crippen LogP contribution in [0.1, 0.15) is 15.9 Å². The minimum Gasteiger partial charge on any atom is -0.493 e. The Morgan fingerprint density at radius 3 is 2.54 bits per heavy atom. The van der Waals surface area contributed by atoms with E-state index in [0.29, 0.717) is 16.7 Å². The highest BCUT2D eigenvalue weighted by Gasteiger charge is 2.30. The highest BCUT2D eigenvalue weighted by molar-refractivity contribution is 5.96. The summed E-state index contributed by atoms with van der Waals surface area (Å²) in [5.41, 5.74) is 4.51. The monoisotopic (exact) mass is 362 g/mol. The number of carbonyl (C=O) groups excluding carboxylic acids is 1. The Morgan fingerprint density at radius 1 is 1.15 bits per heavy atom. The van der Waals surface area contributed by atoms with Gasteiger partial charge in [-0.2, -0.15) is 13.2 Å². The van der Waals surface area contributed by atoms with Crippen LogP contribution in [-0.4, -0.2) is 13.0 Å². The molecule has 0 radical (unpaired) electrons. The fourth-order valence-corrected chi connectivity index (χ4v) is 2.41. The number of rotatable bonds is 3. The van der Waals surface area contributed by atoms with Gasteiger partial charge in [0, 0.05) is 5.39 Å². The number of halogens is 3. The van der Waals surface area contributed by atoms with Crippen LogP contribution in [0.3, 0.4) is 0 Å². The molecular weight excluding hydrogens is 349 g/mol. The van der Waals surface area contributed by atoms with Crippen LogP contribution in [0.2, 0.25) is 0 Å². The zero-order valence-electron chi connectivity index (χ0n) is 13.5. The summed E-state index contributed by atoms with van der Waals surface area (Å²) in [7, 11) is 1.44. The van der Waals surface area contributed by atoms with Crippen molar-refractivity contribution in [2.45, 2.75) is 6.18 Å². The molecule has 134 valence electrons. The van der Waals surface area contributed by atoms with Crippen molar-refractivity contribution in [2.24, 2.45) is 10.7 Å². The van der Waals surface area contributed by atoms with Crippen molar-refractivity contribution in [3.8, 4) is 5.75 Å². The smallest absolute Gasteiger partial charge is 0.416 e. The van der Waals surface area contributed by atoms with Gasteiger partial charge in [-0.3, -0.25) is 4.79 Å². The maximum atomic E-state index is 12.9. The van der Waals surface area contributed by atoms with Crippen LogP contribution in [0.15, 0.2) is 57.9 Å². The van der Waals surface area contributed by atoms with Gasteiger partial charge in [0.05, 0.1) is 18.4 Å². The number of nitrogens with two attached hydrogens (primary N) is 1. The summed E-state index contributed by atoms with van der Waals surface area (Å²) < 4.78 is 49.4. The summed E-state index contributed by atoms with van der Waals surface area (Å²) in [5, 5.41) is 0.543. The predicted octanol–water partition coefficient (Wildman–Crippen LogP) is 3.79. The van der Waals surface area contributed by atoms with Crippen molar-refractivity contribution in [3.05, 3.63) is 65.2 Å². The summed E-state index contributed by atoms with van der Waals surface area (Å²) in [6.45, 7) is 0. The number of benzene rings is 2. The molecule has 0 aliphatic rings. The Bertz CT molecular complexity index is 1060. The van der Waals surface area contributed by atoms with Crippen LogP contribution >= 0.6 is 0 Å². The molecule has 26 heavy (non-hydrogen) atoms. The average Bonchev–Trinajstić information content (AvgIpc) is 2.60. The molecule has 5 nitrogen and oxygen atoms in total. The Kier molecular flexibility index (Phi) is 4.41. The Hall–Kier alpha value is -3.29. The number of primary amides is 1. The zero-order valence-corrected chi connectivity index (χ0v) is 13.5. The fourth-order valence-electron chi connectivity index (χ4n) is 2.41. The lowest BCUT2D eigenvalue weighted by Gasteiger charge is -2.07. The third-order valence-corrected chi connectivity index (χ3v) is 3.63. The lowest BCUT2D eigenvalue weighted by Crippen LogP contribution is -2.21. The molecule has 1 aromatic heterocycles. The molecule has 0 saturated carbocycles. The average molecular weight is 362 g/mol. The van der Waals surface area contributed by atoms with Crippen molar-refractivity contribution >= 4 is 22.6 Å². The predicted molar refractivity (Wildman–Crippen MR) is 88.0 cm³/mol. The summed E-state index contributed by atoms with van der Waals surface area (Å²) in [6.07, 6.45) is -4.51. The number of hydrogen-bond donors (Lipinski definition) is 1. The van der Waals surface area contributed by atoms with E-state index in [1.165, 1.54) is 25.3 Å². The second-order valence-corrected chi connectivity index (χ2v) is 5.37. The maximum Gasteiger partial charge on any atom is 0.416 e. The minimum atomic E-state index is -4.51. The third kappa shape index (κ3) is 3.39. The SMILES string of the molecule is COc1cccc2cc(C(N)=O)c(=Nc3cccc(C(F)(F)F)c3)oc12. The first-order chi connectivity index (χ1) is 12.3. The second kappa shape index (κ2) is 6.55. The summed E-state index contributed by atoms with van der Waals surface area (Å²) in [4.78, 5) is 15.8. The topological polar surface area (TPSA) is 77.8 Å². The number of alkyl halides is 3. The van der Waals surface area contributed by atoms with Crippen LogP contribution in [0, 0.1) is 0 Å². The molecule has 2 aromatic carbocycles. The normalized spacial score (nSPS) is 12.4. The molecule has 0 aliphatic carbocycles. The first-order valence-electron chi connectivity index (χ1n) is 7.42. The van der Waals surface area contributed by atoms with Crippen molar-refractivity contribution < 1.29 is 27.1 Å². The highest BCUT2D eigenvalue weighted by Crippen LogP contribution is 2.31. The number of hydrogen-bond acceptors (Lipinski definition) is 4. The molecule has 3 rings (SSSR count). The van der Waals surface area contributed by atoms with Crippen LogP contribution in [0.4, 0.5) is 18.9 Å². The Morgan fingerprint density at radius 2 is 1.88 bits per heavy atom. The van der Waals surface area contributed by atoms with E-state index in [1.54, 1.807) is 18.2 Å². The standard InChI is InChI=1S/C18H13F3N2O3/c1-25-14-7-2-4-10-8-13(16(22)24)17(26-15(10)14)23-12-6-3-5-11(9-12)18(19,20)21/h2-9H,1H3,(H2,22,24). The molecule has 0 spiro atoms. The fraction of sp³-hybridized carbons (Fsp3) is 0.111. The lowest BCUT2D eigenvalue weighted by atomic mass is 10.1. The van der Waals surface area contributed by atoms with Gasteiger partial charge in [0.1, 0.15) is 5.56 Å². The third-order valence-electron chi connectivity index (χ3n) is 3.63. The lowest BCUT2D eigenvalue weighted by molar-refractivity contribution is -0.137. The minimum absolute atomic E-state index is 0.0275.